The molecule has 0 unspecified atom stereocenters. The Kier molecular flexibility index (Phi) is 7.76. The van der Waals surface area contributed by atoms with Gasteiger partial charge in [-0.1, -0.05) is 24.9 Å². The number of carbonyl (C=O) groups is 1. The first kappa shape index (κ1) is 26.5. The second-order valence-corrected chi connectivity index (χ2v) is 9.12. The second kappa shape index (κ2) is 9.65. The first-order valence-corrected chi connectivity index (χ1v) is 11.1. The van der Waals surface area contributed by atoms with Crippen LogP contribution in [0.1, 0.15) is 35.8 Å². The summed E-state index contributed by atoms with van der Waals surface area (Å²) in [5, 5.41) is -0.558. The van der Waals surface area contributed by atoms with Crippen LogP contribution in [0.15, 0.2) is 27.8 Å². The van der Waals surface area contributed by atoms with Gasteiger partial charge >= 0.3 is 22.1 Å². The third-order valence-electron chi connectivity index (χ3n) is 4.59. The maximum Gasteiger partial charge on any atom is 0.431 e. The Balaban J connectivity index is 2.59. The molecule has 2 rings (SSSR count). The third-order valence-corrected chi connectivity index (χ3v) is 6.35. The Morgan fingerprint density at radius 2 is 1.82 bits per heavy atom. The number of aromatic nitrogens is 2. The standard InChI is InChI=1S/C18H19ClF4N4O5S/c1-4-5-6-25(2)33(31,32)24-16(29)10-7-13(12(20)8-11(10)19)27-15(28)9-14(18(21,22)23)26(3)17(27)30/h7-9H,4-6H2,1-3H3,(H,24,29). The van der Waals surface area contributed by atoms with Crippen LogP contribution in [-0.4, -0.2) is 41.4 Å². The normalized spacial score (nSPS) is 12.3. The van der Waals surface area contributed by atoms with E-state index < -0.39 is 61.3 Å². The zero-order valence-electron chi connectivity index (χ0n) is 17.5. The number of nitrogens with one attached hydrogen (secondary N) is 1. The van der Waals surface area contributed by atoms with E-state index in [0.29, 0.717) is 25.0 Å². The first-order valence-electron chi connectivity index (χ1n) is 9.30. The van der Waals surface area contributed by atoms with Crippen LogP contribution in [0.3, 0.4) is 0 Å². The summed E-state index contributed by atoms with van der Waals surface area (Å²) in [6.45, 7) is 1.92. The molecule has 1 aromatic heterocycles. The topological polar surface area (TPSA) is 110 Å². The Bertz CT molecular complexity index is 1300. The Hall–Kier alpha value is -2.71. The molecular formula is C18H19ClF4N4O5S. The van der Waals surface area contributed by atoms with Crippen LogP contribution in [0.2, 0.25) is 5.02 Å². The second-order valence-electron chi connectivity index (χ2n) is 6.94. The van der Waals surface area contributed by atoms with E-state index in [1.807, 2.05) is 6.92 Å². The number of halogens is 5. The van der Waals surface area contributed by atoms with Gasteiger partial charge in [0.1, 0.15) is 11.5 Å². The molecule has 1 heterocycles. The molecule has 1 aromatic carbocycles. The number of benzene rings is 1. The van der Waals surface area contributed by atoms with Gasteiger partial charge in [-0.15, -0.1) is 0 Å². The molecule has 0 aliphatic carbocycles. The Morgan fingerprint density at radius 3 is 2.36 bits per heavy atom. The Labute approximate surface area is 190 Å². The molecule has 0 aliphatic heterocycles. The minimum atomic E-state index is -5.03. The quantitative estimate of drug-likeness (QED) is 0.569. The van der Waals surface area contributed by atoms with E-state index in [0.717, 1.165) is 11.4 Å². The van der Waals surface area contributed by atoms with Gasteiger partial charge in [-0.25, -0.2) is 18.5 Å². The number of amides is 1. The molecule has 0 aliphatic rings. The zero-order chi connectivity index (χ0) is 25.3. The third kappa shape index (κ3) is 5.62. The highest BCUT2D eigenvalue weighted by molar-refractivity contribution is 7.87. The lowest BCUT2D eigenvalue weighted by Crippen LogP contribution is -2.42. The first-order chi connectivity index (χ1) is 15.1. The van der Waals surface area contributed by atoms with Crippen molar-refractivity contribution in [2.75, 3.05) is 13.6 Å². The molecule has 0 saturated carbocycles. The van der Waals surface area contributed by atoms with Crippen molar-refractivity contribution in [3.8, 4) is 5.69 Å². The van der Waals surface area contributed by atoms with Crippen LogP contribution in [0.4, 0.5) is 17.6 Å². The lowest BCUT2D eigenvalue weighted by Gasteiger charge is -2.18. The average Bonchev–Trinajstić information content (AvgIpc) is 2.68. The molecule has 182 valence electrons. The number of nitrogens with zero attached hydrogens (tertiary/aromatic N) is 3. The SMILES string of the molecule is CCCCN(C)S(=O)(=O)NC(=O)c1cc(-n2c(=O)cc(C(F)(F)F)n(C)c2=O)c(F)cc1Cl. The van der Waals surface area contributed by atoms with Gasteiger partial charge in [0, 0.05) is 26.7 Å². The largest absolute Gasteiger partial charge is 0.431 e. The fourth-order valence-electron chi connectivity index (χ4n) is 2.75. The summed E-state index contributed by atoms with van der Waals surface area (Å²) in [6.07, 6.45) is -3.85. The summed E-state index contributed by atoms with van der Waals surface area (Å²) in [4.78, 5) is 37.2. The number of rotatable bonds is 7. The van der Waals surface area contributed by atoms with Crippen molar-refractivity contribution in [3.63, 3.8) is 0 Å². The molecule has 1 amide bonds. The molecule has 0 spiro atoms. The predicted molar refractivity (Wildman–Crippen MR) is 111 cm³/mol. The summed E-state index contributed by atoms with van der Waals surface area (Å²) in [5.41, 5.74) is -6.16. The van der Waals surface area contributed by atoms with Gasteiger partial charge in [-0.05, 0) is 18.6 Å². The van der Waals surface area contributed by atoms with E-state index in [2.05, 4.69) is 0 Å². The smallest absolute Gasteiger partial charge is 0.292 e. The summed E-state index contributed by atoms with van der Waals surface area (Å²) < 4.78 is 81.0. The highest BCUT2D eigenvalue weighted by Gasteiger charge is 2.35. The van der Waals surface area contributed by atoms with Crippen molar-refractivity contribution in [1.82, 2.24) is 18.2 Å². The van der Waals surface area contributed by atoms with Crippen molar-refractivity contribution < 1.29 is 30.8 Å². The van der Waals surface area contributed by atoms with Crippen LogP contribution in [0.5, 0.6) is 0 Å². The van der Waals surface area contributed by atoms with E-state index in [-0.39, 0.29) is 21.7 Å². The zero-order valence-corrected chi connectivity index (χ0v) is 19.1. The molecule has 9 nitrogen and oxygen atoms in total. The molecule has 1 N–H and O–H groups in total. The predicted octanol–water partition coefficient (Wildman–Crippen LogP) is 2.05. The lowest BCUT2D eigenvalue weighted by molar-refractivity contribution is -0.144. The van der Waals surface area contributed by atoms with Crippen LogP contribution >= 0.6 is 11.6 Å². The van der Waals surface area contributed by atoms with Crippen LogP contribution in [0.25, 0.3) is 5.69 Å². The summed E-state index contributed by atoms with van der Waals surface area (Å²) in [7, 11) is -2.37. The summed E-state index contributed by atoms with van der Waals surface area (Å²) in [5.74, 6) is -2.61. The molecular weight excluding hydrogens is 496 g/mol. The maximum absolute atomic E-state index is 14.5. The number of alkyl halides is 3. The van der Waals surface area contributed by atoms with E-state index in [1.54, 1.807) is 4.72 Å². The van der Waals surface area contributed by atoms with Crippen LogP contribution in [0, 0.1) is 5.82 Å². The highest BCUT2D eigenvalue weighted by atomic mass is 35.5. The Morgan fingerprint density at radius 1 is 1.21 bits per heavy atom. The van der Waals surface area contributed by atoms with Gasteiger partial charge in [-0.2, -0.15) is 25.9 Å². The monoisotopic (exact) mass is 514 g/mol. The molecule has 2 aromatic rings. The van der Waals surface area contributed by atoms with E-state index in [4.69, 9.17) is 11.6 Å². The minimum absolute atomic E-state index is 0.0690. The molecule has 0 fully saturated rings. The molecule has 0 bridgehead atoms. The number of unbranched alkanes of at least 4 members (excludes halogenated alkanes) is 1. The van der Waals surface area contributed by atoms with Crippen molar-refractivity contribution in [2.24, 2.45) is 7.05 Å². The molecule has 0 saturated heterocycles. The fraction of sp³-hybridized carbons (Fsp3) is 0.389. The van der Waals surface area contributed by atoms with Gasteiger partial charge in [0.2, 0.25) is 0 Å². The van der Waals surface area contributed by atoms with Gasteiger partial charge in [0.25, 0.3) is 11.5 Å². The van der Waals surface area contributed by atoms with Crippen molar-refractivity contribution in [1.29, 1.82) is 0 Å². The van der Waals surface area contributed by atoms with Crippen LogP contribution < -0.4 is 16.0 Å². The minimum Gasteiger partial charge on any atom is -0.292 e. The number of hydrogen-bond donors (Lipinski definition) is 1. The molecule has 33 heavy (non-hydrogen) atoms. The molecule has 15 heteroatoms. The van der Waals surface area contributed by atoms with Crippen molar-refractivity contribution in [2.45, 2.75) is 25.9 Å². The van der Waals surface area contributed by atoms with E-state index >= 15 is 0 Å². The number of carbonyl (C=O) groups excluding carboxylic acids is 1. The fourth-order valence-corrected chi connectivity index (χ4v) is 3.86. The molecule has 0 radical (unpaired) electrons. The maximum atomic E-state index is 14.5. The summed E-state index contributed by atoms with van der Waals surface area (Å²) >= 11 is 5.84. The van der Waals surface area contributed by atoms with E-state index in [9.17, 15) is 40.4 Å². The highest BCUT2D eigenvalue weighted by Crippen LogP contribution is 2.27. The van der Waals surface area contributed by atoms with Gasteiger partial charge < -0.3 is 0 Å². The average molecular weight is 515 g/mol. The van der Waals surface area contributed by atoms with Gasteiger partial charge in [0.15, 0.2) is 0 Å². The van der Waals surface area contributed by atoms with Crippen molar-refractivity contribution >= 4 is 27.7 Å². The number of hydrogen-bond acceptors (Lipinski definition) is 5. The van der Waals surface area contributed by atoms with Crippen molar-refractivity contribution in [3.05, 3.63) is 61.1 Å². The van der Waals surface area contributed by atoms with Crippen LogP contribution in [-0.2, 0) is 23.4 Å². The molecule has 0 atom stereocenters. The van der Waals surface area contributed by atoms with Gasteiger partial charge in [-0.3, -0.25) is 14.2 Å². The van der Waals surface area contributed by atoms with Gasteiger partial charge in [0.05, 0.1) is 16.3 Å². The van der Waals surface area contributed by atoms with E-state index in [1.165, 1.54) is 7.05 Å². The lowest BCUT2D eigenvalue weighted by atomic mass is 10.1. The summed E-state index contributed by atoms with van der Waals surface area (Å²) in [6, 6.07) is 1.22.